The van der Waals surface area contributed by atoms with E-state index in [0.29, 0.717) is 10.7 Å². The Hall–Kier alpha value is -1.01. The molecule has 4 nitrogen and oxygen atoms in total. The van der Waals surface area contributed by atoms with E-state index in [0.717, 1.165) is 30.7 Å². The van der Waals surface area contributed by atoms with Crippen molar-refractivity contribution in [2.75, 3.05) is 0 Å². The highest BCUT2D eigenvalue weighted by Crippen LogP contribution is 2.30. The summed E-state index contributed by atoms with van der Waals surface area (Å²) in [6, 6.07) is 0. The number of rotatable bonds is 3. The van der Waals surface area contributed by atoms with Crippen molar-refractivity contribution < 1.29 is 4.79 Å². The average molecular weight is 269 g/mol. The lowest BCUT2D eigenvalue weighted by molar-refractivity contribution is 0.0920. The van der Waals surface area contributed by atoms with Crippen LogP contribution in [0.3, 0.4) is 0 Å². The number of carbonyl (C=O) groups excluding carboxylic acids is 1. The van der Waals surface area contributed by atoms with Crippen molar-refractivity contribution in [2.24, 2.45) is 5.73 Å². The second kappa shape index (κ2) is 4.70. The fourth-order valence-electron chi connectivity index (χ4n) is 2.16. The minimum atomic E-state index is -0.496. The number of aryl methyl sites for hydroxylation is 1. The smallest absolute Gasteiger partial charge is 0.271 e. The van der Waals surface area contributed by atoms with E-state index in [4.69, 9.17) is 18.0 Å². The summed E-state index contributed by atoms with van der Waals surface area (Å²) in [5.74, 6) is -0.177. The molecular formula is C11H15N3OS2. The van der Waals surface area contributed by atoms with E-state index in [1.165, 1.54) is 11.3 Å². The van der Waals surface area contributed by atoms with Crippen molar-refractivity contribution in [1.82, 2.24) is 10.3 Å². The Morgan fingerprint density at radius 3 is 2.71 bits per heavy atom. The maximum absolute atomic E-state index is 12.0. The summed E-state index contributed by atoms with van der Waals surface area (Å²) in [5.41, 5.74) is 5.72. The molecule has 3 N–H and O–H groups in total. The molecule has 1 aliphatic rings. The van der Waals surface area contributed by atoms with Crippen LogP contribution < -0.4 is 11.1 Å². The maximum Gasteiger partial charge on any atom is 0.271 e. The number of thiocarbonyl (C=S) groups is 1. The first-order chi connectivity index (χ1) is 8.03. The summed E-state index contributed by atoms with van der Waals surface area (Å²) in [4.78, 5) is 16.6. The summed E-state index contributed by atoms with van der Waals surface area (Å²) < 4.78 is 0. The third-order valence-electron chi connectivity index (χ3n) is 3.13. The lowest BCUT2D eigenvalue weighted by atomic mass is 9.97. The largest absolute Gasteiger partial charge is 0.391 e. The number of hydrogen-bond acceptors (Lipinski definition) is 4. The van der Waals surface area contributed by atoms with E-state index in [2.05, 4.69) is 10.3 Å². The van der Waals surface area contributed by atoms with Crippen molar-refractivity contribution in [3.63, 3.8) is 0 Å². The zero-order chi connectivity index (χ0) is 12.5. The molecule has 1 fully saturated rings. The van der Waals surface area contributed by atoms with Crippen molar-refractivity contribution in [2.45, 2.75) is 38.1 Å². The van der Waals surface area contributed by atoms with Crippen LogP contribution in [0.2, 0.25) is 0 Å². The number of carbonyl (C=O) groups is 1. The van der Waals surface area contributed by atoms with E-state index in [1.54, 1.807) is 5.38 Å². The third-order valence-corrected chi connectivity index (χ3v) is 4.30. The first-order valence-corrected chi connectivity index (χ1v) is 6.87. The van der Waals surface area contributed by atoms with E-state index < -0.39 is 5.54 Å². The molecule has 1 aliphatic carbocycles. The molecule has 1 amide bonds. The number of thiazole rings is 1. The van der Waals surface area contributed by atoms with Gasteiger partial charge in [-0.05, 0) is 19.8 Å². The number of nitrogens with two attached hydrogens (primary N) is 1. The molecule has 2 rings (SSSR count). The van der Waals surface area contributed by atoms with Crippen LogP contribution in [-0.2, 0) is 0 Å². The third kappa shape index (κ3) is 2.47. The molecule has 0 radical (unpaired) electrons. The van der Waals surface area contributed by atoms with E-state index >= 15 is 0 Å². The van der Waals surface area contributed by atoms with Crippen molar-refractivity contribution >= 4 is 34.5 Å². The Labute approximate surface area is 110 Å². The van der Waals surface area contributed by atoms with Gasteiger partial charge in [0.25, 0.3) is 5.91 Å². The monoisotopic (exact) mass is 269 g/mol. The second-order valence-electron chi connectivity index (χ2n) is 4.36. The van der Waals surface area contributed by atoms with Gasteiger partial charge in [-0.3, -0.25) is 4.79 Å². The molecule has 1 heterocycles. The van der Waals surface area contributed by atoms with Crippen LogP contribution in [0.15, 0.2) is 5.38 Å². The lowest BCUT2D eigenvalue weighted by Gasteiger charge is -2.28. The van der Waals surface area contributed by atoms with Gasteiger partial charge in [0.2, 0.25) is 0 Å². The molecule has 0 unspecified atom stereocenters. The number of hydrogen-bond donors (Lipinski definition) is 2. The van der Waals surface area contributed by atoms with Crippen LogP contribution >= 0.6 is 23.6 Å². The summed E-state index contributed by atoms with van der Waals surface area (Å²) >= 11 is 6.55. The van der Waals surface area contributed by atoms with E-state index in [-0.39, 0.29) is 5.91 Å². The highest BCUT2D eigenvalue weighted by atomic mass is 32.1. The van der Waals surface area contributed by atoms with Gasteiger partial charge in [0.05, 0.1) is 15.5 Å². The van der Waals surface area contributed by atoms with Gasteiger partial charge >= 0.3 is 0 Å². The van der Waals surface area contributed by atoms with Gasteiger partial charge in [-0.15, -0.1) is 11.3 Å². The molecule has 17 heavy (non-hydrogen) atoms. The van der Waals surface area contributed by atoms with Gasteiger partial charge < -0.3 is 11.1 Å². The highest BCUT2D eigenvalue weighted by Gasteiger charge is 2.38. The predicted molar refractivity (Wildman–Crippen MR) is 72.3 cm³/mol. The van der Waals surface area contributed by atoms with E-state index in [1.807, 2.05) is 6.92 Å². The maximum atomic E-state index is 12.0. The molecule has 0 aromatic carbocycles. The molecule has 1 saturated carbocycles. The Morgan fingerprint density at radius 2 is 2.24 bits per heavy atom. The first-order valence-electron chi connectivity index (χ1n) is 5.58. The van der Waals surface area contributed by atoms with Gasteiger partial charge in [-0.1, -0.05) is 25.1 Å². The standard InChI is InChI=1S/C11H15N3OS2/c1-7-13-8(6-17-7)9(15)14-11(10(12)16)4-2-3-5-11/h6H,2-5H2,1H3,(H2,12,16)(H,14,15). The fourth-order valence-corrected chi connectivity index (χ4v) is 3.01. The summed E-state index contributed by atoms with van der Waals surface area (Å²) in [6.45, 7) is 1.88. The minimum Gasteiger partial charge on any atom is -0.391 e. The van der Waals surface area contributed by atoms with Gasteiger partial charge in [0.1, 0.15) is 5.69 Å². The van der Waals surface area contributed by atoms with Crippen LogP contribution in [0.1, 0.15) is 41.2 Å². The van der Waals surface area contributed by atoms with Crippen molar-refractivity contribution in [1.29, 1.82) is 0 Å². The molecule has 1 aromatic heterocycles. The average Bonchev–Trinajstić information content (AvgIpc) is 2.87. The molecule has 0 bridgehead atoms. The van der Waals surface area contributed by atoms with Crippen LogP contribution in [0.5, 0.6) is 0 Å². The lowest BCUT2D eigenvalue weighted by Crippen LogP contribution is -2.54. The number of aromatic nitrogens is 1. The van der Waals surface area contributed by atoms with Crippen LogP contribution in [0.25, 0.3) is 0 Å². The number of amides is 1. The zero-order valence-electron chi connectivity index (χ0n) is 9.66. The van der Waals surface area contributed by atoms with E-state index in [9.17, 15) is 4.79 Å². The molecule has 1 aromatic rings. The Balaban J connectivity index is 2.14. The predicted octanol–water partition coefficient (Wildman–Crippen LogP) is 1.78. The molecule has 0 spiro atoms. The Bertz CT molecular complexity index is 449. The molecule has 0 atom stereocenters. The molecule has 0 saturated heterocycles. The van der Waals surface area contributed by atoms with Crippen molar-refractivity contribution in [3.8, 4) is 0 Å². The van der Waals surface area contributed by atoms with Crippen molar-refractivity contribution in [3.05, 3.63) is 16.1 Å². The second-order valence-corrected chi connectivity index (χ2v) is 5.86. The molecule has 92 valence electrons. The van der Waals surface area contributed by atoms with Gasteiger partial charge in [-0.25, -0.2) is 4.98 Å². The van der Waals surface area contributed by atoms with Crippen LogP contribution in [0.4, 0.5) is 0 Å². The minimum absolute atomic E-state index is 0.177. The summed E-state index contributed by atoms with van der Waals surface area (Å²) in [6.07, 6.45) is 3.76. The van der Waals surface area contributed by atoms with Crippen LogP contribution in [0, 0.1) is 6.92 Å². The van der Waals surface area contributed by atoms with Gasteiger partial charge in [0, 0.05) is 5.38 Å². The summed E-state index contributed by atoms with van der Waals surface area (Å²) in [7, 11) is 0. The van der Waals surface area contributed by atoms with Gasteiger partial charge in [-0.2, -0.15) is 0 Å². The fraction of sp³-hybridized carbons (Fsp3) is 0.545. The SMILES string of the molecule is Cc1nc(C(=O)NC2(C(N)=S)CCCC2)cs1. The zero-order valence-corrected chi connectivity index (χ0v) is 11.3. The first kappa shape index (κ1) is 12.4. The van der Waals surface area contributed by atoms with Crippen LogP contribution in [-0.4, -0.2) is 21.4 Å². The molecule has 0 aliphatic heterocycles. The molecule has 6 heteroatoms. The Morgan fingerprint density at radius 1 is 1.59 bits per heavy atom. The molecular weight excluding hydrogens is 254 g/mol. The number of nitrogens with one attached hydrogen (secondary N) is 1. The number of nitrogens with zero attached hydrogens (tertiary/aromatic N) is 1. The normalized spacial score (nSPS) is 17.9. The van der Waals surface area contributed by atoms with Gasteiger partial charge in [0.15, 0.2) is 0 Å². The highest BCUT2D eigenvalue weighted by molar-refractivity contribution is 7.80. The summed E-state index contributed by atoms with van der Waals surface area (Å²) in [5, 5.41) is 5.60. The quantitative estimate of drug-likeness (QED) is 0.821. The topological polar surface area (TPSA) is 68.0 Å². The Kier molecular flexibility index (Phi) is 3.44.